The van der Waals surface area contributed by atoms with Gasteiger partial charge >= 0.3 is 0 Å². The van der Waals surface area contributed by atoms with Crippen molar-refractivity contribution in [3.8, 4) is 11.1 Å². The molecule has 2 nitrogen and oxygen atoms in total. The molecule has 84 valence electrons. The maximum absolute atomic E-state index is 5.61. The van der Waals surface area contributed by atoms with Gasteiger partial charge in [-0.05, 0) is 35.4 Å². The van der Waals surface area contributed by atoms with Crippen molar-refractivity contribution in [2.24, 2.45) is 0 Å². The highest BCUT2D eigenvalue weighted by Gasteiger charge is 1.95. The molecule has 0 aliphatic heterocycles. The van der Waals surface area contributed by atoms with Gasteiger partial charge in [0.25, 0.3) is 0 Å². The zero-order valence-electron chi connectivity index (χ0n) is 9.77. The van der Waals surface area contributed by atoms with Gasteiger partial charge in [-0.3, -0.25) is 0 Å². The largest absolute Gasteiger partial charge is 0.399 e. The smallest absolute Gasteiger partial charge is 0.0314 e. The Kier molecular flexibility index (Phi) is 4.40. The Morgan fingerprint density at radius 1 is 0.562 bits per heavy atom. The van der Waals surface area contributed by atoms with Crippen LogP contribution in [0.5, 0.6) is 0 Å². The number of benzene rings is 2. The Hall–Kier alpha value is -1.96. The van der Waals surface area contributed by atoms with Crippen molar-refractivity contribution in [2.75, 3.05) is 11.5 Å². The molecular formula is C14H18N2. The van der Waals surface area contributed by atoms with Crippen LogP contribution in [0.25, 0.3) is 11.1 Å². The second-order valence-electron chi connectivity index (χ2n) is 3.24. The van der Waals surface area contributed by atoms with Gasteiger partial charge in [-0.25, -0.2) is 0 Å². The van der Waals surface area contributed by atoms with Gasteiger partial charge in [0.2, 0.25) is 0 Å². The third-order valence-electron chi connectivity index (χ3n) is 2.15. The SMILES string of the molecule is CC.Nc1ccc(-c2ccc(N)cc2)cc1. The van der Waals surface area contributed by atoms with Crippen molar-refractivity contribution in [3.05, 3.63) is 48.5 Å². The summed E-state index contributed by atoms with van der Waals surface area (Å²) in [5.74, 6) is 0. The zero-order chi connectivity index (χ0) is 12.0. The molecular weight excluding hydrogens is 196 g/mol. The van der Waals surface area contributed by atoms with Gasteiger partial charge in [-0.1, -0.05) is 38.1 Å². The third-order valence-corrected chi connectivity index (χ3v) is 2.15. The topological polar surface area (TPSA) is 52.0 Å². The minimum absolute atomic E-state index is 0.782. The molecule has 0 unspecified atom stereocenters. The van der Waals surface area contributed by atoms with Crippen molar-refractivity contribution < 1.29 is 0 Å². The van der Waals surface area contributed by atoms with Crippen LogP contribution in [0.4, 0.5) is 11.4 Å². The van der Waals surface area contributed by atoms with Crippen molar-refractivity contribution in [1.29, 1.82) is 0 Å². The van der Waals surface area contributed by atoms with E-state index in [1.807, 2.05) is 62.4 Å². The van der Waals surface area contributed by atoms with Crippen LogP contribution >= 0.6 is 0 Å². The number of rotatable bonds is 1. The molecule has 0 bridgehead atoms. The highest BCUT2D eigenvalue weighted by molar-refractivity contribution is 5.67. The van der Waals surface area contributed by atoms with Gasteiger partial charge in [0, 0.05) is 11.4 Å². The molecule has 0 atom stereocenters. The quantitative estimate of drug-likeness (QED) is 0.713. The molecule has 2 aromatic rings. The van der Waals surface area contributed by atoms with E-state index in [-0.39, 0.29) is 0 Å². The van der Waals surface area contributed by atoms with Crippen molar-refractivity contribution >= 4 is 11.4 Å². The highest BCUT2D eigenvalue weighted by Crippen LogP contribution is 2.21. The lowest BCUT2D eigenvalue weighted by atomic mass is 10.1. The number of nitrogen functional groups attached to an aromatic ring is 2. The summed E-state index contributed by atoms with van der Waals surface area (Å²) in [7, 11) is 0. The van der Waals surface area contributed by atoms with Crippen LogP contribution in [0.2, 0.25) is 0 Å². The molecule has 0 amide bonds. The maximum Gasteiger partial charge on any atom is 0.0314 e. The molecule has 0 radical (unpaired) electrons. The molecule has 0 saturated carbocycles. The summed E-state index contributed by atoms with van der Waals surface area (Å²) in [6.45, 7) is 4.00. The summed E-state index contributed by atoms with van der Waals surface area (Å²) in [5.41, 5.74) is 15.1. The lowest BCUT2D eigenvalue weighted by molar-refractivity contribution is 1.50. The summed E-state index contributed by atoms with van der Waals surface area (Å²) in [6.07, 6.45) is 0. The van der Waals surface area contributed by atoms with Gasteiger partial charge in [0.05, 0.1) is 0 Å². The fraction of sp³-hybridized carbons (Fsp3) is 0.143. The summed E-state index contributed by atoms with van der Waals surface area (Å²) in [4.78, 5) is 0. The lowest BCUT2D eigenvalue weighted by Crippen LogP contribution is -1.85. The van der Waals surface area contributed by atoms with E-state index < -0.39 is 0 Å². The first-order chi connectivity index (χ1) is 7.75. The first kappa shape index (κ1) is 12.1. The number of hydrogen-bond acceptors (Lipinski definition) is 2. The number of anilines is 2. The van der Waals surface area contributed by atoms with Crippen LogP contribution in [0, 0.1) is 0 Å². The molecule has 0 spiro atoms. The fourth-order valence-electron chi connectivity index (χ4n) is 1.35. The van der Waals surface area contributed by atoms with Crippen molar-refractivity contribution in [1.82, 2.24) is 0 Å². The Morgan fingerprint density at radius 2 is 0.812 bits per heavy atom. The summed E-state index contributed by atoms with van der Waals surface area (Å²) >= 11 is 0. The standard InChI is InChI=1S/C12H12N2.C2H6/c13-11-5-1-9(2-6-11)10-3-7-12(14)8-4-10;1-2/h1-8H,13-14H2;1-2H3. The van der Waals surface area contributed by atoms with Gasteiger partial charge in [0.1, 0.15) is 0 Å². The highest BCUT2D eigenvalue weighted by atomic mass is 14.5. The van der Waals surface area contributed by atoms with E-state index in [9.17, 15) is 0 Å². The Morgan fingerprint density at radius 3 is 1.06 bits per heavy atom. The van der Waals surface area contributed by atoms with Gasteiger partial charge < -0.3 is 11.5 Å². The minimum atomic E-state index is 0.782. The number of hydrogen-bond donors (Lipinski definition) is 2. The van der Waals surface area contributed by atoms with Gasteiger partial charge in [0.15, 0.2) is 0 Å². The van der Waals surface area contributed by atoms with Crippen molar-refractivity contribution in [3.63, 3.8) is 0 Å². The molecule has 0 aliphatic rings. The van der Waals surface area contributed by atoms with Crippen LogP contribution in [0.15, 0.2) is 48.5 Å². The zero-order valence-corrected chi connectivity index (χ0v) is 9.77. The number of nitrogens with two attached hydrogens (primary N) is 2. The Labute approximate surface area is 96.9 Å². The summed E-state index contributed by atoms with van der Waals surface area (Å²) < 4.78 is 0. The van der Waals surface area contributed by atoms with Crippen LogP contribution in [0.3, 0.4) is 0 Å². The van der Waals surface area contributed by atoms with Gasteiger partial charge in [-0.2, -0.15) is 0 Å². The summed E-state index contributed by atoms with van der Waals surface area (Å²) in [5, 5.41) is 0. The maximum atomic E-state index is 5.61. The van der Waals surface area contributed by atoms with Crippen LogP contribution in [0.1, 0.15) is 13.8 Å². The van der Waals surface area contributed by atoms with E-state index in [0.717, 1.165) is 22.5 Å². The molecule has 0 saturated heterocycles. The van der Waals surface area contributed by atoms with E-state index >= 15 is 0 Å². The second kappa shape index (κ2) is 5.81. The second-order valence-corrected chi connectivity index (χ2v) is 3.24. The Balaban J connectivity index is 0.000000606. The first-order valence-electron chi connectivity index (χ1n) is 5.47. The van der Waals surface area contributed by atoms with E-state index in [4.69, 9.17) is 11.5 Å². The molecule has 0 aromatic heterocycles. The first-order valence-corrected chi connectivity index (χ1v) is 5.47. The Bertz CT molecular complexity index is 372. The van der Waals surface area contributed by atoms with Crippen molar-refractivity contribution in [2.45, 2.75) is 13.8 Å². The summed E-state index contributed by atoms with van der Waals surface area (Å²) in [6, 6.07) is 15.6. The molecule has 0 aliphatic carbocycles. The molecule has 16 heavy (non-hydrogen) atoms. The molecule has 4 N–H and O–H groups in total. The lowest BCUT2D eigenvalue weighted by Gasteiger charge is -2.02. The molecule has 0 heterocycles. The predicted octanol–water partition coefficient (Wildman–Crippen LogP) is 3.54. The molecule has 2 aromatic carbocycles. The monoisotopic (exact) mass is 214 g/mol. The average Bonchev–Trinajstić information content (AvgIpc) is 2.34. The minimum Gasteiger partial charge on any atom is -0.399 e. The predicted molar refractivity (Wildman–Crippen MR) is 72.1 cm³/mol. The third kappa shape index (κ3) is 3.02. The molecule has 2 heteroatoms. The fourth-order valence-corrected chi connectivity index (χ4v) is 1.35. The average molecular weight is 214 g/mol. The van der Waals surface area contributed by atoms with E-state index in [0.29, 0.717) is 0 Å². The van der Waals surface area contributed by atoms with E-state index in [1.54, 1.807) is 0 Å². The van der Waals surface area contributed by atoms with Crippen LogP contribution < -0.4 is 11.5 Å². The van der Waals surface area contributed by atoms with E-state index in [1.165, 1.54) is 0 Å². The molecule has 0 fully saturated rings. The van der Waals surface area contributed by atoms with E-state index in [2.05, 4.69) is 0 Å². The van der Waals surface area contributed by atoms with Crippen LogP contribution in [-0.2, 0) is 0 Å². The normalized spacial score (nSPS) is 9.12. The molecule has 2 rings (SSSR count). The van der Waals surface area contributed by atoms with Gasteiger partial charge in [-0.15, -0.1) is 0 Å². The van der Waals surface area contributed by atoms with Crippen LogP contribution in [-0.4, -0.2) is 0 Å².